The third-order valence-corrected chi connectivity index (χ3v) is 5.63. The van der Waals surface area contributed by atoms with Gasteiger partial charge in [-0.2, -0.15) is 0 Å². The van der Waals surface area contributed by atoms with Gasteiger partial charge in [0, 0.05) is 15.8 Å². The van der Waals surface area contributed by atoms with Crippen molar-refractivity contribution in [2.75, 3.05) is 5.32 Å². The summed E-state index contributed by atoms with van der Waals surface area (Å²) in [6, 6.07) is 36.4. The van der Waals surface area contributed by atoms with Gasteiger partial charge in [0.1, 0.15) is 0 Å². The molecule has 28 heavy (non-hydrogen) atoms. The summed E-state index contributed by atoms with van der Waals surface area (Å²) in [5, 5.41) is 8.61. The average molecular weight is 424 g/mol. The first kappa shape index (κ1) is 17.0. The highest BCUT2D eigenvalue weighted by molar-refractivity contribution is 9.10. The number of hydrogen-bond donors (Lipinski definition) is 1. The van der Waals surface area contributed by atoms with E-state index in [2.05, 4.69) is 112 Å². The van der Waals surface area contributed by atoms with Gasteiger partial charge in [0.2, 0.25) is 0 Å². The Morgan fingerprint density at radius 1 is 0.536 bits per heavy atom. The summed E-state index contributed by atoms with van der Waals surface area (Å²) in [4.78, 5) is 0. The topological polar surface area (TPSA) is 12.0 Å². The highest BCUT2D eigenvalue weighted by atomic mass is 79.9. The lowest BCUT2D eigenvalue weighted by atomic mass is 9.93. The summed E-state index contributed by atoms with van der Waals surface area (Å²) in [6.45, 7) is 0. The second-order valence-corrected chi connectivity index (χ2v) is 7.82. The van der Waals surface area contributed by atoms with E-state index in [0.29, 0.717) is 0 Å². The molecule has 134 valence electrons. The Labute approximate surface area is 172 Å². The Morgan fingerprint density at radius 2 is 1.11 bits per heavy atom. The molecule has 1 N–H and O–H groups in total. The van der Waals surface area contributed by atoms with Crippen LogP contribution in [0.4, 0.5) is 11.4 Å². The van der Waals surface area contributed by atoms with E-state index in [1.807, 2.05) is 12.1 Å². The van der Waals surface area contributed by atoms with Gasteiger partial charge in [0.25, 0.3) is 0 Å². The van der Waals surface area contributed by atoms with E-state index in [4.69, 9.17) is 0 Å². The quantitative estimate of drug-likeness (QED) is 0.288. The van der Waals surface area contributed by atoms with Crippen LogP contribution >= 0.6 is 15.9 Å². The maximum atomic E-state index is 3.48. The van der Waals surface area contributed by atoms with Gasteiger partial charge >= 0.3 is 0 Å². The first-order chi connectivity index (χ1) is 13.8. The minimum atomic E-state index is 1.08. The van der Waals surface area contributed by atoms with E-state index in [9.17, 15) is 0 Å². The van der Waals surface area contributed by atoms with Crippen LogP contribution < -0.4 is 5.32 Å². The molecule has 0 bridgehead atoms. The van der Waals surface area contributed by atoms with Crippen molar-refractivity contribution >= 4 is 48.8 Å². The predicted molar refractivity (Wildman–Crippen MR) is 124 cm³/mol. The Hall–Kier alpha value is -3.10. The lowest BCUT2D eigenvalue weighted by Crippen LogP contribution is -1.90. The molecular weight excluding hydrogens is 406 g/mol. The number of rotatable bonds is 3. The van der Waals surface area contributed by atoms with Gasteiger partial charge in [0.15, 0.2) is 0 Å². The second kappa shape index (κ2) is 7.14. The van der Waals surface area contributed by atoms with Crippen LogP contribution in [0.3, 0.4) is 0 Å². The zero-order valence-electron chi connectivity index (χ0n) is 15.2. The molecule has 0 saturated heterocycles. The van der Waals surface area contributed by atoms with Crippen LogP contribution in [0.5, 0.6) is 0 Å². The van der Waals surface area contributed by atoms with Crippen LogP contribution in [-0.2, 0) is 0 Å². The summed E-state index contributed by atoms with van der Waals surface area (Å²) in [5.74, 6) is 0. The van der Waals surface area contributed by atoms with E-state index in [1.54, 1.807) is 0 Å². The average Bonchev–Trinajstić information content (AvgIpc) is 2.75. The van der Waals surface area contributed by atoms with Crippen LogP contribution in [0.1, 0.15) is 0 Å². The molecule has 0 amide bonds. The van der Waals surface area contributed by atoms with Crippen LogP contribution in [0, 0.1) is 0 Å². The fraction of sp³-hybridized carbons (Fsp3) is 0. The lowest BCUT2D eigenvalue weighted by molar-refractivity contribution is 1.53. The number of halogens is 1. The molecule has 0 aromatic heterocycles. The molecule has 5 aromatic carbocycles. The fourth-order valence-electron chi connectivity index (χ4n) is 3.73. The van der Waals surface area contributed by atoms with Crippen LogP contribution in [-0.4, -0.2) is 0 Å². The third kappa shape index (κ3) is 3.17. The summed E-state index contributed by atoms with van der Waals surface area (Å²) in [6.07, 6.45) is 0. The minimum absolute atomic E-state index is 1.08. The maximum Gasteiger partial charge on any atom is 0.0384 e. The van der Waals surface area contributed by atoms with Gasteiger partial charge in [-0.15, -0.1) is 0 Å². The van der Waals surface area contributed by atoms with Crippen molar-refractivity contribution in [1.82, 2.24) is 0 Å². The molecule has 5 rings (SSSR count). The standard InChI is InChI=1S/C26H18BrN/c27-20-11-15-22(16-12-20)28-21-13-9-18(10-14-21)26-17-19-5-1-2-6-23(19)24-7-3-4-8-25(24)26/h1-17,28H. The molecule has 0 fully saturated rings. The number of hydrogen-bond acceptors (Lipinski definition) is 1. The van der Waals surface area contributed by atoms with Crippen molar-refractivity contribution in [2.24, 2.45) is 0 Å². The molecule has 0 aliphatic carbocycles. The summed E-state index contributed by atoms with van der Waals surface area (Å²) < 4.78 is 1.08. The molecule has 0 radical (unpaired) electrons. The number of benzene rings is 5. The van der Waals surface area contributed by atoms with Crippen molar-refractivity contribution in [3.8, 4) is 11.1 Å². The Morgan fingerprint density at radius 3 is 1.82 bits per heavy atom. The molecule has 5 aromatic rings. The highest BCUT2D eigenvalue weighted by Gasteiger charge is 2.08. The maximum absolute atomic E-state index is 3.48. The van der Waals surface area contributed by atoms with E-state index < -0.39 is 0 Å². The van der Waals surface area contributed by atoms with E-state index in [-0.39, 0.29) is 0 Å². The van der Waals surface area contributed by atoms with E-state index in [0.717, 1.165) is 15.8 Å². The number of nitrogens with one attached hydrogen (secondary N) is 1. The Balaban J connectivity index is 1.57. The molecule has 0 aliphatic rings. The van der Waals surface area contributed by atoms with Gasteiger partial charge in [-0.25, -0.2) is 0 Å². The normalized spacial score (nSPS) is 11.0. The van der Waals surface area contributed by atoms with Crippen molar-refractivity contribution in [3.63, 3.8) is 0 Å². The van der Waals surface area contributed by atoms with Crippen LogP contribution in [0.25, 0.3) is 32.7 Å². The molecule has 0 saturated carbocycles. The van der Waals surface area contributed by atoms with Gasteiger partial charge < -0.3 is 5.32 Å². The molecular formula is C26H18BrN. The SMILES string of the molecule is Brc1ccc(Nc2ccc(-c3cc4ccccc4c4ccccc34)cc2)cc1. The molecule has 0 unspecified atom stereocenters. The monoisotopic (exact) mass is 423 g/mol. The summed E-state index contributed by atoms with van der Waals surface area (Å²) in [7, 11) is 0. The second-order valence-electron chi connectivity index (χ2n) is 6.90. The van der Waals surface area contributed by atoms with Gasteiger partial charge in [-0.05, 0) is 75.1 Å². The molecule has 0 heterocycles. The largest absolute Gasteiger partial charge is 0.356 e. The molecule has 0 spiro atoms. The number of fused-ring (bicyclic) bond motifs is 3. The van der Waals surface area contributed by atoms with Crippen molar-refractivity contribution in [1.29, 1.82) is 0 Å². The lowest BCUT2D eigenvalue weighted by Gasteiger charge is -2.12. The third-order valence-electron chi connectivity index (χ3n) is 5.10. The molecule has 0 atom stereocenters. The van der Waals surface area contributed by atoms with E-state index >= 15 is 0 Å². The van der Waals surface area contributed by atoms with Gasteiger partial charge in [-0.3, -0.25) is 0 Å². The first-order valence-corrected chi connectivity index (χ1v) is 10.1. The van der Waals surface area contributed by atoms with Crippen LogP contribution in [0.2, 0.25) is 0 Å². The van der Waals surface area contributed by atoms with Gasteiger partial charge in [-0.1, -0.05) is 76.6 Å². The molecule has 0 aliphatic heterocycles. The van der Waals surface area contributed by atoms with Crippen LogP contribution in [0.15, 0.2) is 108 Å². The predicted octanol–water partition coefficient (Wildman–Crippen LogP) is 8.17. The highest BCUT2D eigenvalue weighted by Crippen LogP contribution is 2.35. The Bertz CT molecular complexity index is 1270. The first-order valence-electron chi connectivity index (χ1n) is 9.31. The zero-order chi connectivity index (χ0) is 18.9. The summed E-state index contributed by atoms with van der Waals surface area (Å²) in [5.41, 5.74) is 4.65. The zero-order valence-corrected chi connectivity index (χ0v) is 16.8. The van der Waals surface area contributed by atoms with Crippen molar-refractivity contribution in [2.45, 2.75) is 0 Å². The van der Waals surface area contributed by atoms with E-state index in [1.165, 1.54) is 32.7 Å². The van der Waals surface area contributed by atoms with Crippen molar-refractivity contribution < 1.29 is 0 Å². The molecule has 2 heteroatoms. The Kier molecular flexibility index (Phi) is 4.34. The molecule has 1 nitrogen and oxygen atoms in total. The minimum Gasteiger partial charge on any atom is -0.356 e. The van der Waals surface area contributed by atoms with Gasteiger partial charge in [0.05, 0.1) is 0 Å². The smallest absolute Gasteiger partial charge is 0.0384 e. The summed E-state index contributed by atoms with van der Waals surface area (Å²) >= 11 is 3.48. The number of anilines is 2. The van der Waals surface area contributed by atoms with Crippen molar-refractivity contribution in [3.05, 3.63) is 108 Å². The fourth-order valence-corrected chi connectivity index (χ4v) is 3.99.